The number of halogens is 1. The predicted molar refractivity (Wildman–Crippen MR) is 45.1 cm³/mol. The maximum absolute atomic E-state index is 13.5. The van der Waals surface area contributed by atoms with Crippen LogP contribution in [0.1, 0.15) is 39.5 Å². The molecule has 1 rings (SSSR count). The topological polar surface area (TPSA) is 26.0 Å². The van der Waals surface area contributed by atoms with Crippen LogP contribution in [0.2, 0.25) is 0 Å². The lowest BCUT2D eigenvalue weighted by Crippen LogP contribution is -2.39. The highest BCUT2D eigenvalue weighted by atomic mass is 19.1. The maximum Gasteiger partial charge on any atom is 0.123 e. The van der Waals surface area contributed by atoms with Crippen molar-refractivity contribution in [1.29, 1.82) is 0 Å². The average Bonchev–Trinajstić information content (AvgIpc) is 1.97. The zero-order valence-electron chi connectivity index (χ0n) is 7.49. The summed E-state index contributed by atoms with van der Waals surface area (Å²) >= 11 is 0. The second-order valence-corrected chi connectivity index (χ2v) is 4.52. The predicted octanol–water partition coefficient (Wildman–Crippen LogP) is 2.25. The van der Waals surface area contributed by atoms with Crippen LogP contribution in [0.5, 0.6) is 0 Å². The lowest BCUT2D eigenvalue weighted by atomic mass is 9.72. The molecule has 0 aromatic rings. The molecule has 1 aliphatic carbocycles. The van der Waals surface area contributed by atoms with Crippen molar-refractivity contribution < 1.29 is 4.39 Å². The summed E-state index contributed by atoms with van der Waals surface area (Å²) in [6, 6.07) is 0. The molecule has 1 saturated carbocycles. The molecule has 0 aromatic heterocycles. The molecule has 1 aliphatic rings. The molecule has 2 heteroatoms. The first-order valence-electron chi connectivity index (χ1n) is 4.36. The van der Waals surface area contributed by atoms with Gasteiger partial charge in [0, 0.05) is 6.54 Å². The van der Waals surface area contributed by atoms with E-state index in [0.717, 1.165) is 12.8 Å². The quantitative estimate of drug-likeness (QED) is 0.624. The minimum absolute atomic E-state index is 0.198. The maximum atomic E-state index is 13.5. The first-order valence-corrected chi connectivity index (χ1v) is 4.36. The summed E-state index contributed by atoms with van der Waals surface area (Å²) in [5, 5.41) is 0. The number of rotatable bonds is 1. The van der Waals surface area contributed by atoms with Crippen molar-refractivity contribution in [2.75, 3.05) is 6.54 Å². The Morgan fingerprint density at radius 3 is 2.00 bits per heavy atom. The molecule has 0 saturated heterocycles. The van der Waals surface area contributed by atoms with Crippen molar-refractivity contribution in [2.45, 2.75) is 45.2 Å². The minimum Gasteiger partial charge on any atom is -0.328 e. The van der Waals surface area contributed by atoms with Crippen LogP contribution in [-0.4, -0.2) is 12.2 Å². The zero-order chi connectivity index (χ0) is 8.54. The summed E-state index contributed by atoms with van der Waals surface area (Å²) in [5.41, 5.74) is 4.64. The van der Waals surface area contributed by atoms with Crippen molar-refractivity contribution in [1.82, 2.24) is 0 Å². The Labute approximate surface area is 68.2 Å². The van der Waals surface area contributed by atoms with E-state index in [9.17, 15) is 4.39 Å². The lowest BCUT2D eigenvalue weighted by Gasteiger charge is -2.37. The van der Waals surface area contributed by atoms with Gasteiger partial charge in [0.15, 0.2) is 0 Å². The lowest BCUT2D eigenvalue weighted by molar-refractivity contribution is 0.0619. The van der Waals surface area contributed by atoms with E-state index in [1.165, 1.54) is 0 Å². The van der Waals surface area contributed by atoms with Crippen molar-refractivity contribution in [3.05, 3.63) is 0 Å². The standard InChI is InChI=1S/C9H18FN/c1-8(2)3-5-9(10,7-11)6-4-8/h3-7,11H2,1-2H3. The largest absolute Gasteiger partial charge is 0.328 e. The van der Waals surface area contributed by atoms with E-state index < -0.39 is 5.67 Å². The SMILES string of the molecule is CC1(C)CCC(F)(CN)CC1. The summed E-state index contributed by atoms with van der Waals surface area (Å²) in [4.78, 5) is 0. The molecule has 1 fully saturated rings. The normalized spacial score (nSPS) is 28.4. The molecule has 0 atom stereocenters. The van der Waals surface area contributed by atoms with E-state index in [1.54, 1.807) is 0 Å². The Morgan fingerprint density at radius 1 is 1.18 bits per heavy atom. The van der Waals surface area contributed by atoms with Crippen LogP contribution >= 0.6 is 0 Å². The molecule has 0 radical (unpaired) electrons. The van der Waals surface area contributed by atoms with Gasteiger partial charge in [-0.15, -0.1) is 0 Å². The van der Waals surface area contributed by atoms with Gasteiger partial charge in [-0.1, -0.05) is 13.8 Å². The van der Waals surface area contributed by atoms with Gasteiger partial charge in [0.2, 0.25) is 0 Å². The Balaban J connectivity index is 2.48. The highest BCUT2D eigenvalue weighted by molar-refractivity contribution is 4.89. The summed E-state index contributed by atoms with van der Waals surface area (Å²) in [5.74, 6) is 0. The van der Waals surface area contributed by atoms with Gasteiger partial charge in [0.1, 0.15) is 5.67 Å². The van der Waals surface area contributed by atoms with Crippen LogP contribution in [0.3, 0.4) is 0 Å². The molecule has 0 aliphatic heterocycles. The third kappa shape index (κ3) is 2.16. The first kappa shape index (κ1) is 8.98. The number of nitrogens with two attached hydrogens (primary N) is 1. The number of alkyl halides is 1. The second-order valence-electron chi connectivity index (χ2n) is 4.52. The molecule has 2 N–H and O–H groups in total. The minimum atomic E-state index is -1.05. The van der Waals surface area contributed by atoms with Gasteiger partial charge in [-0.3, -0.25) is 0 Å². The molecule has 66 valence electrons. The Hall–Kier alpha value is -0.110. The van der Waals surface area contributed by atoms with Crippen molar-refractivity contribution in [2.24, 2.45) is 11.1 Å². The molecular weight excluding hydrogens is 141 g/mol. The molecule has 0 amide bonds. The molecule has 1 nitrogen and oxygen atoms in total. The van der Waals surface area contributed by atoms with E-state index in [2.05, 4.69) is 13.8 Å². The molecule has 0 aromatic carbocycles. The highest BCUT2D eigenvalue weighted by Gasteiger charge is 2.37. The molecule has 0 heterocycles. The second kappa shape index (κ2) is 2.74. The van der Waals surface area contributed by atoms with Crippen molar-refractivity contribution in [3.63, 3.8) is 0 Å². The monoisotopic (exact) mass is 159 g/mol. The molecular formula is C9H18FN. The summed E-state index contributed by atoms with van der Waals surface area (Å²) in [6.07, 6.45) is 3.24. The summed E-state index contributed by atoms with van der Waals surface area (Å²) < 4.78 is 13.5. The van der Waals surface area contributed by atoms with E-state index in [0.29, 0.717) is 18.3 Å². The van der Waals surface area contributed by atoms with E-state index >= 15 is 0 Å². The van der Waals surface area contributed by atoms with Crippen molar-refractivity contribution in [3.8, 4) is 0 Å². The fraction of sp³-hybridized carbons (Fsp3) is 1.00. The van der Waals surface area contributed by atoms with Crippen molar-refractivity contribution >= 4 is 0 Å². The summed E-state index contributed by atoms with van der Waals surface area (Å²) in [7, 11) is 0. The third-order valence-corrected chi connectivity index (χ3v) is 2.87. The number of hydrogen-bond acceptors (Lipinski definition) is 1. The fourth-order valence-electron chi connectivity index (χ4n) is 1.58. The Bertz CT molecular complexity index is 132. The third-order valence-electron chi connectivity index (χ3n) is 2.87. The van der Waals surface area contributed by atoms with Gasteiger partial charge in [-0.2, -0.15) is 0 Å². The van der Waals surface area contributed by atoms with E-state index in [4.69, 9.17) is 5.73 Å². The summed E-state index contributed by atoms with van der Waals surface area (Å²) in [6.45, 7) is 4.59. The van der Waals surface area contributed by atoms with Crippen LogP contribution in [0.25, 0.3) is 0 Å². The molecule has 0 spiro atoms. The van der Waals surface area contributed by atoms with Gasteiger partial charge in [-0.25, -0.2) is 4.39 Å². The fourth-order valence-corrected chi connectivity index (χ4v) is 1.58. The Morgan fingerprint density at radius 2 is 1.64 bits per heavy atom. The molecule has 11 heavy (non-hydrogen) atoms. The van der Waals surface area contributed by atoms with E-state index in [-0.39, 0.29) is 6.54 Å². The van der Waals surface area contributed by atoms with Gasteiger partial charge < -0.3 is 5.73 Å². The van der Waals surface area contributed by atoms with Crippen LogP contribution < -0.4 is 5.73 Å². The average molecular weight is 159 g/mol. The van der Waals surface area contributed by atoms with Gasteiger partial charge in [0.25, 0.3) is 0 Å². The van der Waals surface area contributed by atoms with Gasteiger partial charge >= 0.3 is 0 Å². The van der Waals surface area contributed by atoms with Crippen LogP contribution in [-0.2, 0) is 0 Å². The zero-order valence-corrected chi connectivity index (χ0v) is 7.49. The first-order chi connectivity index (χ1) is 4.97. The van der Waals surface area contributed by atoms with Crippen LogP contribution in [0, 0.1) is 5.41 Å². The molecule has 0 bridgehead atoms. The van der Waals surface area contributed by atoms with Crippen LogP contribution in [0.4, 0.5) is 4.39 Å². The number of hydrogen-bond donors (Lipinski definition) is 1. The Kier molecular flexibility index (Phi) is 2.24. The smallest absolute Gasteiger partial charge is 0.123 e. The van der Waals surface area contributed by atoms with E-state index in [1.807, 2.05) is 0 Å². The van der Waals surface area contributed by atoms with Crippen LogP contribution in [0.15, 0.2) is 0 Å². The van der Waals surface area contributed by atoms with Gasteiger partial charge in [-0.05, 0) is 31.1 Å². The molecule has 0 unspecified atom stereocenters. The van der Waals surface area contributed by atoms with Gasteiger partial charge in [0.05, 0.1) is 0 Å². The highest BCUT2D eigenvalue weighted by Crippen LogP contribution is 2.41.